The molecule has 0 amide bonds. The largest absolute Gasteiger partial charge is 0.462 e. The molecule has 1 heterocycles. The Morgan fingerprint density at radius 1 is 0.534 bits per heavy atom. The molecule has 0 saturated carbocycles. The number of unbranched alkanes of at least 4 members (excludes halogenated alkanes) is 19. The van der Waals surface area contributed by atoms with E-state index in [9.17, 15) is 30.0 Å². The lowest BCUT2D eigenvalue weighted by molar-refractivity contribution is -0.305. The van der Waals surface area contributed by atoms with Crippen LogP contribution in [0, 0.1) is 0 Å². The lowest BCUT2D eigenvalue weighted by atomic mass is 9.99. The Labute approximate surface area is 352 Å². The van der Waals surface area contributed by atoms with E-state index >= 15 is 0 Å². The van der Waals surface area contributed by atoms with Crippen LogP contribution < -0.4 is 0 Å². The Bertz CT molecular complexity index is 1090. The topological polar surface area (TPSA) is 152 Å². The van der Waals surface area contributed by atoms with Crippen molar-refractivity contribution in [2.24, 2.45) is 0 Å². The van der Waals surface area contributed by atoms with Crippen molar-refractivity contribution in [1.82, 2.24) is 0 Å². The highest BCUT2D eigenvalue weighted by molar-refractivity contribution is 5.70. The molecule has 10 heteroatoms. The maximum atomic E-state index is 12.8. The minimum Gasteiger partial charge on any atom is -0.462 e. The lowest BCUT2D eigenvalue weighted by Crippen LogP contribution is -2.59. The molecule has 336 valence electrons. The fraction of sp³-hybridized carbons (Fsp3) is 0.792. The summed E-state index contributed by atoms with van der Waals surface area (Å²) in [5, 5.41) is 40.1. The molecule has 6 atom stereocenters. The highest BCUT2D eigenvalue weighted by atomic mass is 16.7. The standard InChI is InChI=1S/C48H84O10/c1-3-5-7-9-11-13-15-17-19-20-21-22-23-25-27-29-31-33-35-37-44(51)57-41(40-56-48-47(54)46(53)45(52)42(38-49)58-48)39-55-43(50)36-34-32-30-28-26-24-18-16-14-12-10-8-6-4-2/h10-13,16-19,41-42,45-49,52-54H,3-9,14-15,20-40H2,1-2H3/b12-10+,13-11+,18-16+,19-17+/t41-,42-,45+,46?,47?,48-/m1/s1. The number of esters is 2. The van der Waals surface area contributed by atoms with Crippen molar-refractivity contribution in [3.05, 3.63) is 48.6 Å². The number of hydrogen-bond donors (Lipinski definition) is 4. The molecule has 1 rings (SSSR count). The number of ether oxygens (including phenoxy) is 4. The normalized spacial score (nSPS) is 20.6. The summed E-state index contributed by atoms with van der Waals surface area (Å²) in [5.74, 6) is -0.828. The summed E-state index contributed by atoms with van der Waals surface area (Å²) in [7, 11) is 0. The van der Waals surface area contributed by atoms with Crippen LogP contribution in [0.1, 0.15) is 187 Å². The fourth-order valence-electron chi connectivity index (χ4n) is 6.70. The van der Waals surface area contributed by atoms with Crippen LogP contribution in [-0.4, -0.2) is 89.0 Å². The lowest BCUT2D eigenvalue weighted by Gasteiger charge is -2.39. The smallest absolute Gasteiger partial charge is 0.306 e. The Morgan fingerprint density at radius 3 is 1.48 bits per heavy atom. The van der Waals surface area contributed by atoms with Gasteiger partial charge >= 0.3 is 11.9 Å². The van der Waals surface area contributed by atoms with Gasteiger partial charge in [-0.1, -0.05) is 152 Å². The van der Waals surface area contributed by atoms with E-state index in [0.717, 1.165) is 77.0 Å². The number of carbonyl (C=O) groups excluding carboxylic acids is 2. The summed E-state index contributed by atoms with van der Waals surface area (Å²) < 4.78 is 22.2. The van der Waals surface area contributed by atoms with Gasteiger partial charge < -0.3 is 39.4 Å². The predicted molar refractivity (Wildman–Crippen MR) is 233 cm³/mol. The van der Waals surface area contributed by atoms with E-state index in [0.29, 0.717) is 12.8 Å². The van der Waals surface area contributed by atoms with Crippen LogP contribution in [0.15, 0.2) is 48.6 Å². The summed E-state index contributed by atoms with van der Waals surface area (Å²) >= 11 is 0. The van der Waals surface area contributed by atoms with Crippen LogP contribution in [-0.2, 0) is 28.5 Å². The molecular weight excluding hydrogens is 737 g/mol. The quantitative estimate of drug-likeness (QED) is 0.0269. The molecule has 4 N–H and O–H groups in total. The van der Waals surface area contributed by atoms with Crippen LogP contribution in [0.2, 0.25) is 0 Å². The van der Waals surface area contributed by atoms with E-state index in [1.54, 1.807) is 0 Å². The molecule has 0 aliphatic carbocycles. The van der Waals surface area contributed by atoms with Crippen LogP contribution in [0.5, 0.6) is 0 Å². The maximum Gasteiger partial charge on any atom is 0.306 e. The second kappa shape index (κ2) is 38.8. The summed E-state index contributed by atoms with van der Waals surface area (Å²) in [6.45, 7) is 3.34. The van der Waals surface area contributed by atoms with Crippen molar-refractivity contribution in [3.8, 4) is 0 Å². The van der Waals surface area contributed by atoms with Crippen LogP contribution in [0.3, 0.4) is 0 Å². The molecule has 0 bridgehead atoms. The predicted octanol–water partition coefficient (Wildman–Crippen LogP) is 10.1. The van der Waals surface area contributed by atoms with E-state index in [1.807, 2.05) is 0 Å². The average molecular weight is 821 g/mol. The van der Waals surface area contributed by atoms with Gasteiger partial charge in [0, 0.05) is 12.8 Å². The first kappa shape index (κ1) is 53.7. The molecule has 0 radical (unpaired) electrons. The van der Waals surface area contributed by atoms with Crippen molar-refractivity contribution < 1.29 is 49.0 Å². The molecule has 0 aromatic heterocycles. The van der Waals surface area contributed by atoms with Crippen LogP contribution in [0.4, 0.5) is 0 Å². The summed E-state index contributed by atoms with van der Waals surface area (Å²) in [6.07, 6.45) is 38.2. The molecule has 58 heavy (non-hydrogen) atoms. The summed E-state index contributed by atoms with van der Waals surface area (Å²) in [4.78, 5) is 25.3. The Kier molecular flexibility index (Phi) is 35.9. The van der Waals surface area contributed by atoms with Crippen molar-refractivity contribution in [1.29, 1.82) is 0 Å². The minimum absolute atomic E-state index is 0.221. The van der Waals surface area contributed by atoms with E-state index in [-0.39, 0.29) is 26.1 Å². The zero-order valence-electron chi connectivity index (χ0n) is 36.5. The first-order chi connectivity index (χ1) is 28.3. The molecule has 0 aromatic rings. The molecule has 1 aliphatic heterocycles. The van der Waals surface area contributed by atoms with Crippen molar-refractivity contribution in [2.45, 2.75) is 224 Å². The molecule has 1 aliphatic rings. The van der Waals surface area contributed by atoms with E-state index in [2.05, 4.69) is 62.5 Å². The number of aliphatic hydroxyl groups excluding tert-OH is 4. The molecule has 1 fully saturated rings. The number of hydrogen-bond acceptors (Lipinski definition) is 10. The van der Waals surface area contributed by atoms with Crippen molar-refractivity contribution >= 4 is 11.9 Å². The number of carbonyl (C=O) groups is 2. The maximum absolute atomic E-state index is 12.8. The van der Waals surface area contributed by atoms with Gasteiger partial charge in [0.25, 0.3) is 0 Å². The summed E-state index contributed by atoms with van der Waals surface area (Å²) in [5.41, 5.74) is 0. The molecule has 10 nitrogen and oxygen atoms in total. The van der Waals surface area contributed by atoms with Crippen molar-refractivity contribution in [3.63, 3.8) is 0 Å². The van der Waals surface area contributed by atoms with Crippen molar-refractivity contribution in [2.75, 3.05) is 19.8 Å². The first-order valence-corrected chi connectivity index (χ1v) is 23.2. The molecule has 0 aromatic carbocycles. The second-order valence-electron chi connectivity index (χ2n) is 15.8. The minimum atomic E-state index is -1.60. The van der Waals surface area contributed by atoms with Crippen LogP contribution in [0.25, 0.3) is 0 Å². The Hall–Kier alpha value is -2.34. The first-order valence-electron chi connectivity index (χ1n) is 23.2. The molecular formula is C48H84O10. The monoisotopic (exact) mass is 821 g/mol. The fourth-order valence-corrected chi connectivity index (χ4v) is 6.70. The summed E-state index contributed by atoms with van der Waals surface area (Å²) in [6, 6.07) is 0. The van der Waals surface area contributed by atoms with E-state index < -0.39 is 55.4 Å². The van der Waals surface area contributed by atoms with E-state index in [1.165, 1.54) is 70.6 Å². The van der Waals surface area contributed by atoms with Crippen LogP contribution >= 0.6 is 0 Å². The third kappa shape index (κ3) is 29.8. The van der Waals surface area contributed by atoms with Gasteiger partial charge in [-0.05, 0) is 70.6 Å². The Balaban J connectivity index is 2.32. The van der Waals surface area contributed by atoms with Gasteiger partial charge in [0.2, 0.25) is 0 Å². The number of aliphatic hydroxyl groups is 4. The van der Waals surface area contributed by atoms with Gasteiger partial charge in [-0.25, -0.2) is 0 Å². The average Bonchev–Trinajstić information content (AvgIpc) is 3.22. The van der Waals surface area contributed by atoms with Gasteiger partial charge in [0.15, 0.2) is 12.4 Å². The zero-order chi connectivity index (χ0) is 42.3. The van der Waals surface area contributed by atoms with Gasteiger partial charge in [0.1, 0.15) is 31.0 Å². The van der Waals surface area contributed by atoms with E-state index in [4.69, 9.17) is 18.9 Å². The van der Waals surface area contributed by atoms with Gasteiger partial charge in [-0.15, -0.1) is 0 Å². The number of rotatable bonds is 38. The highest BCUT2D eigenvalue weighted by Gasteiger charge is 2.44. The third-order valence-corrected chi connectivity index (χ3v) is 10.4. The zero-order valence-corrected chi connectivity index (χ0v) is 36.5. The molecule has 2 unspecified atom stereocenters. The highest BCUT2D eigenvalue weighted by Crippen LogP contribution is 2.22. The van der Waals surface area contributed by atoms with Gasteiger partial charge in [-0.3, -0.25) is 9.59 Å². The molecule has 0 spiro atoms. The number of allylic oxidation sites excluding steroid dienone is 8. The third-order valence-electron chi connectivity index (χ3n) is 10.4. The Morgan fingerprint density at radius 2 is 0.983 bits per heavy atom. The SMILES string of the molecule is CCCC/C=C/C/C=C/CCCCCCCC(=O)OC[C@H](CO[C@@H]1O[C@H](CO)[C@H](O)C(O)C1O)OC(=O)CCCCCCCCCCC/C=C/C/C=C/CCCCC. The second-order valence-corrected chi connectivity index (χ2v) is 15.8. The molecule has 1 saturated heterocycles. The van der Waals surface area contributed by atoms with Gasteiger partial charge in [0.05, 0.1) is 13.2 Å². The van der Waals surface area contributed by atoms with Gasteiger partial charge in [-0.2, -0.15) is 0 Å².